The predicted molar refractivity (Wildman–Crippen MR) is 68.9 cm³/mol. The van der Waals surface area contributed by atoms with E-state index in [1.807, 2.05) is 25.1 Å². The lowest BCUT2D eigenvalue weighted by Crippen LogP contribution is -2.27. The van der Waals surface area contributed by atoms with Crippen molar-refractivity contribution in [3.63, 3.8) is 0 Å². The van der Waals surface area contributed by atoms with Crippen molar-refractivity contribution in [3.05, 3.63) is 29.3 Å². The maximum Gasteiger partial charge on any atom is 0.312 e. The molecule has 1 aliphatic rings. The lowest BCUT2D eigenvalue weighted by molar-refractivity contribution is -0.138. The van der Waals surface area contributed by atoms with Crippen molar-refractivity contribution in [2.75, 3.05) is 6.54 Å². The van der Waals surface area contributed by atoms with Crippen molar-refractivity contribution in [1.82, 2.24) is 0 Å². The molecule has 4 nitrogen and oxygen atoms in total. The van der Waals surface area contributed by atoms with Crippen molar-refractivity contribution in [1.29, 1.82) is 0 Å². The van der Waals surface area contributed by atoms with Crippen LogP contribution in [0.2, 0.25) is 0 Å². The first kappa shape index (κ1) is 12.9. The predicted octanol–water partition coefficient (Wildman–Crippen LogP) is 2.05. The molecule has 0 saturated heterocycles. The summed E-state index contributed by atoms with van der Waals surface area (Å²) < 4.78 is 5.85. The molecule has 0 aliphatic heterocycles. The van der Waals surface area contributed by atoms with Gasteiger partial charge in [-0.1, -0.05) is 17.7 Å². The van der Waals surface area contributed by atoms with Gasteiger partial charge in [0.25, 0.3) is 0 Å². The van der Waals surface area contributed by atoms with E-state index in [2.05, 4.69) is 0 Å². The van der Waals surface area contributed by atoms with E-state index < -0.39 is 11.9 Å². The molecule has 0 amide bonds. The quantitative estimate of drug-likeness (QED) is 0.837. The van der Waals surface area contributed by atoms with Crippen LogP contribution in [0.25, 0.3) is 0 Å². The molecule has 0 heterocycles. The molecule has 0 radical (unpaired) electrons. The molecule has 0 spiro atoms. The molecule has 1 fully saturated rings. The van der Waals surface area contributed by atoms with Crippen LogP contribution in [0.15, 0.2) is 18.2 Å². The third-order valence-corrected chi connectivity index (χ3v) is 3.42. The fraction of sp³-hybridized carbons (Fsp3) is 0.500. The molecule has 98 valence electrons. The number of rotatable bonds is 5. The maximum absolute atomic E-state index is 11.2. The molecule has 1 unspecified atom stereocenters. The van der Waals surface area contributed by atoms with E-state index in [0.717, 1.165) is 18.4 Å². The van der Waals surface area contributed by atoms with Gasteiger partial charge in [-0.2, -0.15) is 0 Å². The van der Waals surface area contributed by atoms with E-state index in [-0.39, 0.29) is 12.6 Å². The van der Waals surface area contributed by atoms with Gasteiger partial charge in [0, 0.05) is 12.1 Å². The highest BCUT2D eigenvalue weighted by atomic mass is 16.5. The number of hydrogen-bond donors (Lipinski definition) is 2. The van der Waals surface area contributed by atoms with E-state index >= 15 is 0 Å². The first-order valence-electron chi connectivity index (χ1n) is 6.32. The number of benzene rings is 1. The molecule has 1 aromatic rings. The van der Waals surface area contributed by atoms with Crippen LogP contribution in [-0.2, 0) is 4.79 Å². The van der Waals surface area contributed by atoms with Crippen LogP contribution in [0.1, 0.15) is 36.3 Å². The van der Waals surface area contributed by atoms with Gasteiger partial charge in [-0.25, -0.2) is 0 Å². The van der Waals surface area contributed by atoms with E-state index in [1.165, 1.54) is 6.42 Å². The molecule has 1 aliphatic carbocycles. The lowest BCUT2D eigenvalue weighted by Gasteiger charge is -2.28. The Morgan fingerprint density at radius 1 is 1.56 bits per heavy atom. The highest BCUT2D eigenvalue weighted by Gasteiger charge is 2.25. The summed E-state index contributed by atoms with van der Waals surface area (Å²) >= 11 is 0. The van der Waals surface area contributed by atoms with Gasteiger partial charge in [0.15, 0.2) is 0 Å². The summed E-state index contributed by atoms with van der Waals surface area (Å²) in [6.07, 6.45) is 3.52. The van der Waals surface area contributed by atoms with E-state index in [0.29, 0.717) is 11.3 Å². The number of aryl methyl sites for hydroxylation is 1. The molecule has 2 rings (SSSR count). The van der Waals surface area contributed by atoms with E-state index in [4.69, 9.17) is 10.5 Å². The second kappa shape index (κ2) is 5.40. The largest absolute Gasteiger partial charge is 0.490 e. The second-order valence-electron chi connectivity index (χ2n) is 4.84. The number of aliphatic carboxylic acids is 1. The van der Waals surface area contributed by atoms with Crippen molar-refractivity contribution >= 4 is 5.97 Å². The number of ether oxygens (including phenoxy) is 1. The molecule has 4 heteroatoms. The van der Waals surface area contributed by atoms with Gasteiger partial charge < -0.3 is 15.6 Å². The number of hydrogen-bond acceptors (Lipinski definition) is 3. The summed E-state index contributed by atoms with van der Waals surface area (Å²) in [7, 11) is 0. The monoisotopic (exact) mass is 249 g/mol. The van der Waals surface area contributed by atoms with Crippen LogP contribution in [-0.4, -0.2) is 23.7 Å². The Kier molecular flexibility index (Phi) is 3.87. The molecule has 18 heavy (non-hydrogen) atoms. The zero-order chi connectivity index (χ0) is 13.1. The number of carbonyl (C=O) groups is 1. The highest BCUT2D eigenvalue weighted by Crippen LogP contribution is 2.32. The van der Waals surface area contributed by atoms with Crippen LogP contribution in [0.3, 0.4) is 0 Å². The van der Waals surface area contributed by atoms with Crippen molar-refractivity contribution in [2.24, 2.45) is 5.73 Å². The topological polar surface area (TPSA) is 72.5 Å². The van der Waals surface area contributed by atoms with Gasteiger partial charge in [0.1, 0.15) is 5.75 Å². The Bertz CT molecular complexity index is 441. The zero-order valence-electron chi connectivity index (χ0n) is 10.6. The molecule has 0 aromatic heterocycles. The average Bonchev–Trinajstić information content (AvgIpc) is 2.26. The van der Waals surface area contributed by atoms with Gasteiger partial charge in [0.05, 0.1) is 12.0 Å². The summed E-state index contributed by atoms with van der Waals surface area (Å²) in [5, 5.41) is 9.21. The van der Waals surface area contributed by atoms with Crippen molar-refractivity contribution in [3.8, 4) is 5.75 Å². The smallest absolute Gasteiger partial charge is 0.312 e. The first-order valence-corrected chi connectivity index (χ1v) is 6.32. The molecule has 1 atom stereocenters. The Labute approximate surface area is 107 Å². The Balaban J connectivity index is 2.29. The highest BCUT2D eigenvalue weighted by molar-refractivity contribution is 5.77. The van der Waals surface area contributed by atoms with E-state index in [1.54, 1.807) is 0 Å². The minimum Gasteiger partial charge on any atom is -0.490 e. The number of carboxylic acid groups (broad SMARTS) is 1. The summed E-state index contributed by atoms with van der Waals surface area (Å²) in [6, 6.07) is 5.65. The lowest BCUT2D eigenvalue weighted by atomic mass is 9.94. The molecule has 1 saturated carbocycles. The minimum absolute atomic E-state index is 0.0831. The second-order valence-corrected chi connectivity index (χ2v) is 4.84. The van der Waals surface area contributed by atoms with E-state index in [9.17, 15) is 9.90 Å². The summed E-state index contributed by atoms with van der Waals surface area (Å²) in [6.45, 7) is 2.02. The molecule has 1 aromatic carbocycles. The maximum atomic E-state index is 11.2. The Hall–Kier alpha value is -1.55. The fourth-order valence-electron chi connectivity index (χ4n) is 2.08. The minimum atomic E-state index is -0.901. The number of nitrogens with two attached hydrogens (primary N) is 1. The van der Waals surface area contributed by atoms with Crippen molar-refractivity contribution in [2.45, 2.75) is 38.2 Å². The third kappa shape index (κ3) is 2.64. The Morgan fingerprint density at radius 2 is 2.28 bits per heavy atom. The van der Waals surface area contributed by atoms with Gasteiger partial charge in [-0.15, -0.1) is 0 Å². The average molecular weight is 249 g/mol. The van der Waals surface area contributed by atoms with Crippen LogP contribution < -0.4 is 10.5 Å². The zero-order valence-corrected chi connectivity index (χ0v) is 10.6. The van der Waals surface area contributed by atoms with Crippen LogP contribution in [0.4, 0.5) is 0 Å². The number of carboxylic acids is 1. The molecular weight excluding hydrogens is 230 g/mol. The van der Waals surface area contributed by atoms with Crippen LogP contribution in [0, 0.1) is 6.92 Å². The standard InChI is InChI=1S/C14H19NO3/c1-9-5-6-13(18-10-3-2-4-10)11(7-9)12(8-15)14(16)17/h5-7,10,12H,2-4,8,15H2,1H3,(H,16,17). The third-order valence-electron chi connectivity index (χ3n) is 3.42. The van der Waals surface area contributed by atoms with Gasteiger partial charge >= 0.3 is 5.97 Å². The molecule has 0 bridgehead atoms. The summed E-state index contributed by atoms with van der Waals surface area (Å²) in [4.78, 5) is 11.2. The van der Waals surface area contributed by atoms with Gasteiger partial charge in [-0.3, -0.25) is 4.79 Å². The van der Waals surface area contributed by atoms with Gasteiger partial charge in [0.2, 0.25) is 0 Å². The SMILES string of the molecule is Cc1ccc(OC2CCC2)c(C(CN)C(=O)O)c1. The normalized spacial score (nSPS) is 17.0. The summed E-state index contributed by atoms with van der Waals surface area (Å²) in [5.74, 6) is -0.926. The van der Waals surface area contributed by atoms with Gasteiger partial charge in [-0.05, 0) is 32.3 Å². The summed E-state index contributed by atoms with van der Waals surface area (Å²) in [5.41, 5.74) is 7.28. The van der Waals surface area contributed by atoms with Crippen molar-refractivity contribution < 1.29 is 14.6 Å². The fourth-order valence-corrected chi connectivity index (χ4v) is 2.08. The molecule has 3 N–H and O–H groups in total. The molecular formula is C14H19NO3. The van der Waals surface area contributed by atoms with Crippen LogP contribution in [0.5, 0.6) is 5.75 Å². The van der Waals surface area contributed by atoms with Crippen LogP contribution >= 0.6 is 0 Å². The Morgan fingerprint density at radius 3 is 2.78 bits per heavy atom. The first-order chi connectivity index (χ1) is 8.61.